The average Bonchev–Trinajstić information content (AvgIpc) is 2.64. The van der Waals surface area contributed by atoms with Gasteiger partial charge in [0.2, 0.25) is 0 Å². The summed E-state index contributed by atoms with van der Waals surface area (Å²) in [6.07, 6.45) is 0. The molecule has 0 aromatic heterocycles. The molecule has 0 atom stereocenters. The Bertz CT molecular complexity index is 925. The highest BCUT2D eigenvalue weighted by molar-refractivity contribution is 7.84. The molecular formula is C22H17PS. The van der Waals surface area contributed by atoms with Crippen LogP contribution in [-0.4, -0.2) is 0 Å². The van der Waals surface area contributed by atoms with Gasteiger partial charge in [-0.2, -0.15) is 0 Å². The Morgan fingerprint density at radius 3 is 1.54 bits per heavy atom. The molecule has 0 amide bonds. The fraction of sp³-hybridized carbons (Fsp3) is 0. The first-order valence-electron chi connectivity index (χ1n) is 7.95. The monoisotopic (exact) mass is 344 g/mol. The maximum absolute atomic E-state index is 4.83. The van der Waals surface area contributed by atoms with Crippen molar-refractivity contribution in [3.05, 3.63) is 97.1 Å². The van der Waals surface area contributed by atoms with Crippen molar-refractivity contribution in [3.8, 4) is 0 Å². The lowest BCUT2D eigenvalue weighted by Crippen LogP contribution is -2.21. The molecule has 4 rings (SSSR count). The predicted molar refractivity (Wildman–Crippen MR) is 110 cm³/mol. The SMILES string of the molecule is Sc1cc2ccccc2cc1P(c1ccccc1)c1ccccc1. The largest absolute Gasteiger partial charge is 0.143 e. The van der Waals surface area contributed by atoms with Crippen LogP contribution in [0.15, 0.2) is 102 Å². The van der Waals surface area contributed by atoms with Crippen molar-refractivity contribution in [1.29, 1.82) is 0 Å². The van der Waals surface area contributed by atoms with Crippen LogP contribution in [0.25, 0.3) is 10.8 Å². The van der Waals surface area contributed by atoms with E-state index in [2.05, 4.69) is 97.1 Å². The van der Waals surface area contributed by atoms with Gasteiger partial charge in [0.05, 0.1) is 0 Å². The standard InChI is InChI=1S/C22H17PS/c24-22-16-18-10-8-7-9-17(18)15-21(22)23(19-11-3-1-4-12-19)20-13-5-2-6-14-20/h1-16,24H. The van der Waals surface area contributed by atoms with Crippen molar-refractivity contribution in [1.82, 2.24) is 0 Å². The van der Waals surface area contributed by atoms with E-state index in [1.165, 1.54) is 26.7 Å². The van der Waals surface area contributed by atoms with Gasteiger partial charge in [0, 0.05) is 4.90 Å². The third kappa shape index (κ3) is 2.98. The molecule has 0 aliphatic heterocycles. The van der Waals surface area contributed by atoms with Gasteiger partial charge < -0.3 is 0 Å². The Labute approximate surface area is 149 Å². The minimum absolute atomic E-state index is 0.616. The highest BCUT2D eigenvalue weighted by Crippen LogP contribution is 2.36. The summed E-state index contributed by atoms with van der Waals surface area (Å²) in [4.78, 5) is 1.06. The normalized spacial score (nSPS) is 11.1. The second-order valence-electron chi connectivity index (χ2n) is 5.69. The molecule has 0 spiro atoms. The molecule has 0 bridgehead atoms. The molecule has 0 saturated carbocycles. The number of benzene rings is 4. The summed E-state index contributed by atoms with van der Waals surface area (Å²) < 4.78 is 0. The van der Waals surface area contributed by atoms with E-state index in [0.29, 0.717) is 0 Å². The fourth-order valence-electron chi connectivity index (χ4n) is 2.98. The van der Waals surface area contributed by atoms with E-state index < -0.39 is 7.92 Å². The quantitative estimate of drug-likeness (QED) is 0.397. The molecule has 4 aromatic carbocycles. The van der Waals surface area contributed by atoms with Gasteiger partial charge in [-0.15, -0.1) is 12.6 Å². The molecule has 0 aliphatic carbocycles. The molecule has 0 aliphatic rings. The zero-order valence-corrected chi connectivity index (χ0v) is 14.9. The summed E-state index contributed by atoms with van der Waals surface area (Å²) in [6.45, 7) is 0. The van der Waals surface area contributed by atoms with Crippen LogP contribution in [0.2, 0.25) is 0 Å². The highest BCUT2D eigenvalue weighted by Gasteiger charge is 2.18. The Balaban J connectivity index is 1.96. The number of thiol groups is 1. The first-order chi connectivity index (χ1) is 11.8. The number of fused-ring (bicyclic) bond motifs is 1. The van der Waals surface area contributed by atoms with Crippen molar-refractivity contribution >= 4 is 47.2 Å². The van der Waals surface area contributed by atoms with Crippen LogP contribution in [0.1, 0.15) is 0 Å². The molecule has 0 radical (unpaired) electrons. The van der Waals surface area contributed by atoms with Crippen molar-refractivity contribution in [2.24, 2.45) is 0 Å². The van der Waals surface area contributed by atoms with Crippen LogP contribution in [-0.2, 0) is 0 Å². The first-order valence-corrected chi connectivity index (χ1v) is 9.74. The van der Waals surface area contributed by atoms with Crippen LogP contribution in [0.3, 0.4) is 0 Å². The second-order valence-corrected chi connectivity index (χ2v) is 8.36. The van der Waals surface area contributed by atoms with E-state index in [4.69, 9.17) is 12.6 Å². The van der Waals surface area contributed by atoms with E-state index in [-0.39, 0.29) is 0 Å². The summed E-state index contributed by atoms with van der Waals surface area (Å²) in [6, 6.07) is 34.5. The molecule has 24 heavy (non-hydrogen) atoms. The molecule has 116 valence electrons. The Morgan fingerprint density at radius 2 is 1.00 bits per heavy atom. The minimum Gasteiger partial charge on any atom is -0.143 e. The number of hydrogen-bond donors (Lipinski definition) is 1. The zero-order valence-electron chi connectivity index (χ0n) is 13.1. The van der Waals surface area contributed by atoms with Crippen LogP contribution in [0.4, 0.5) is 0 Å². The van der Waals surface area contributed by atoms with Gasteiger partial charge in [0.15, 0.2) is 0 Å². The molecule has 0 heterocycles. The fourth-order valence-corrected chi connectivity index (χ4v) is 5.84. The lowest BCUT2D eigenvalue weighted by molar-refractivity contribution is 1.59. The molecule has 0 N–H and O–H groups in total. The maximum atomic E-state index is 4.83. The van der Waals surface area contributed by atoms with Crippen LogP contribution >= 0.6 is 20.6 Å². The summed E-state index contributed by atoms with van der Waals surface area (Å²) in [5.41, 5.74) is 0. The molecule has 4 aromatic rings. The number of rotatable bonds is 3. The van der Waals surface area contributed by atoms with Crippen molar-refractivity contribution in [2.75, 3.05) is 0 Å². The number of hydrogen-bond acceptors (Lipinski definition) is 1. The lowest BCUT2D eigenvalue weighted by atomic mass is 10.1. The van der Waals surface area contributed by atoms with E-state index in [0.717, 1.165) is 4.90 Å². The van der Waals surface area contributed by atoms with Crippen molar-refractivity contribution in [2.45, 2.75) is 4.90 Å². The molecule has 2 heteroatoms. The van der Waals surface area contributed by atoms with E-state index in [9.17, 15) is 0 Å². The van der Waals surface area contributed by atoms with Crippen molar-refractivity contribution in [3.63, 3.8) is 0 Å². The van der Waals surface area contributed by atoms with Gasteiger partial charge in [-0.3, -0.25) is 0 Å². The van der Waals surface area contributed by atoms with Gasteiger partial charge in [-0.1, -0.05) is 84.9 Å². The molecular weight excluding hydrogens is 327 g/mol. The first kappa shape index (κ1) is 15.4. The molecule has 0 saturated heterocycles. The minimum atomic E-state index is -0.616. The predicted octanol–water partition coefficient (Wildman–Crippen LogP) is 4.89. The zero-order chi connectivity index (χ0) is 16.4. The highest BCUT2D eigenvalue weighted by atomic mass is 32.1. The van der Waals surface area contributed by atoms with Gasteiger partial charge in [0.1, 0.15) is 0 Å². The summed E-state index contributed by atoms with van der Waals surface area (Å²) in [5.74, 6) is 0. The van der Waals surface area contributed by atoms with Crippen molar-refractivity contribution < 1.29 is 0 Å². The Hall–Kier alpha value is -2.08. The maximum Gasteiger partial charge on any atom is 0.0130 e. The van der Waals surface area contributed by atoms with Gasteiger partial charge in [0.25, 0.3) is 0 Å². The lowest BCUT2D eigenvalue weighted by Gasteiger charge is -2.21. The smallest absolute Gasteiger partial charge is 0.0130 e. The third-order valence-electron chi connectivity index (χ3n) is 4.11. The summed E-state index contributed by atoms with van der Waals surface area (Å²) >= 11 is 4.83. The van der Waals surface area contributed by atoms with Crippen LogP contribution in [0, 0.1) is 0 Å². The van der Waals surface area contributed by atoms with Crippen LogP contribution in [0.5, 0.6) is 0 Å². The van der Waals surface area contributed by atoms with Gasteiger partial charge >= 0.3 is 0 Å². The topological polar surface area (TPSA) is 0 Å². The summed E-state index contributed by atoms with van der Waals surface area (Å²) in [5, 5.41) is 6.52. The average molecular weight is 344 g/mol. The van der Waals surface area contributed by atoms with Crippen LogP contribution < -0.4 is 15.9 Å². The second kappa shape index (κ2) is 6.81. The van der Waals surface area contributed by atoms with E-state index in [1.54, 1.807) is 0 Å². The van der Waals surface area contributed by atoms with E-state index >= 15 is 0 Å². The van der Waals surface area contributed by atoms with E-state index in [1.807, 2.05) is 0 Å². The summed E-state index contributed by atoms with van der Waals surface area (Å²) in [7, 11) is -0.616. The van der Waals surface area contributed by atoms with Gasteiger partial charge in [-0.05, 0) is 46.7 Å². The third-order valence-corrected chi connectivity index (χ3v) is 7.14. The Kier molecular flexibility index (Phi) is 4.38. The van der Waals surface area contributed by atoms with Gasteiger partial charge in [-0.25, -0.2) is 0 Å². The molecule has 0 unspecified atom stereocenters. The molecule has 0 fully saturated rings. The molecule has 0 nitrogen and oxygen atoms in total. The Morgan fingerprint density at radius 1 is 0.542 bits per heavy atom.